The number of hydrogen-bond acceptors (Lipinski definition) is 2. The molecule has 5 nitrogen and oxygen atoms in total. The lowest BCUT2D eigenvalue weighted by atomic mass is 9.87. The third kappa shape index (κ3) is 2.74. The molecule has 0 bridgehead atoms. The summed E-state index contributed by atoms with van der Waals surface area (Å²) in [4.78, 5) is 26.9. The zero-order chi connectivity index (χ0) is 15.8. The van der Waals surface area contributed by atoms with Gasteiger partial charge in [0.25, 0.3) is 5.91 Å². The van der Waals surface area contributed by atoms with Gasteiger partial charge in [0.2, 0.25) is 5.91 Å². The molecule has 0 aromatic heterocycles. The maximum atomic E-state index is 12.7. The van der Waals surface area contributed by atoms with Crippen LogP contribution in [0.2, 0.25) is 0 Å². The standard InChI is InChI=1S/C18H23N3O2/c22-17(21-10-9-12-5-1-4-8-16(12)21)11-15-18(23)20-14-7-3-2-6-13(14)19-15/h1,4-5,8,13-15,19H,2-3,6-7,9-11H2,(H,20,23)/p+1/t13-,14-,15+/m1/s1. The summed E-state index contributed by atoms with van der Waals surface area (Å²) in [6, 6.07) is 8.54. The second-order valence-electron chi connectivity index (χ2n) is 6.99. The van der Waals surface area contributed by atoms with Crippen LogP contribution >= 0.6 is 0 Å². The van der Waals surface area contributed by atoms with Crippen LogP contribution in [0.15, 0.2) is 24.3 Å². The maximum absolute atomic E-state index is 12.7. The van der Waals surface area contributed by atoms with Crippen molar-refractivity contribution in [3.05, 3.63) is 29.8 Å². The topological polar surface area (TPSA) is 66.0 Å². The molecule has 2 amide bonds. The molecule has 1 aromatic carbocycles. The Bertz CT molecular complexity index is 630. The summed E-state index contributed by atoms with van der Waals surface area (Å²) in [6.45, 7) is 0.735. The number of quaternary nitrogens is 1. The smallest absolute Gasteiger partial charge is 0.279 e. The summed E-state index contributed by atoms with van der Waals surface area (Å²) < 4.78 is 0. The molecule has 0 unspecified atom stereocenters. The zero-order valence-electron chi connectivity index (χ0n) is 13.3. The zero-order valence-corrected chi connectivity index (χ0v) is 13.3. The fourth-order valence-corrected chi connectivity index (χ4v) is 4.30. The third-order valence-electron chi connectivity index (χ3n) is 5.55. The van der Waals surface area contributed by atoms with Gasteiger partial charge in [-0.15, -0.1) is 0 Å². The number of rotatable bonds is 2. The highest BCUT2D eigenvalue weighted by Gasteiger charge is 2.41. The van der Waals surface area contributed by atoms with Crippen molar-refractivity contribution in [3.8, 4) is 0 Å². The van der Waals surface area contributed by atoms with E-state index in [1.165, 1.54) is 18.4 Å². The van der Waals surface area contributed by atoms with E-state index >= 15 is 0 Å². The van der Waals surface area contributed by atoms with Gasteiger partial charge in [-0.2, -0.15) is 0 Å². The largest absolute Gasteiger partial charge is 0.342 e. The number of para-hydroxylation sites is 1. The minimum atomic E-state index is -0.269. The fourth-order valence-electron chi connectivity index (χ4n) is 4.30. The Kier molecular flexibility index (Phi) is 3.81. The quantitative estimate of drug-likeness (QED) is 0.827. The summed E-state index contributed by atoms with van der Waals surface area (Å²) in [5.41, 5.74) is 2.24. The molecule has 2 fully saturated rings. The normalized spacial score (nSPS) is 29.7. The Morgan fingerprint density at radius 3 is 3.00 bits per heavy atom. The van der Waals surface area contributed by atoms with Gasteiger partial charge >= 0.3 is 0 Å². The molecule has 3 atom stereocenters. The van der Waals surface area contributed by atoms with Crippen molar-refractivity contribution >= 4 is 17.5 Å². The Hall–Kier alpha value is -1.88. The van der Waals surface area contributed by atoms with Crippen LogP contribution in [0.1, 0.15) is 37.7 Å². The van der Waals surface area contributed by atoms with E-state index < -0.39 is 0 Å². The van der Waals surface area contributed by atoms with Crippen LogP contribution in [-0.2, 0) is 16.0 Å². The monoisotopic (exact) mass is 314 g/mol. The summed E-state index contributed by atoms with van der Waals surface area (Å²) in [5, 5.41) is 5.30. The second-order valence-corrected chi connectivity index (χ2v) is 6.99. The lowest BCUT2D eigenvalue weighted by molar-refractivity contribution is -0.718. The highest BCUT2D eigenvalue weighted by atomic mass is 16.2. The number of benzene rings is 1. The summed E-state index contributed by atoms with van der Waals surface area (Å²) in [5.74, 6) is 0.106. The van der Waals surface area contributed by atoms with E-state index in [-0.39, 0.29) is 17.9 Å². The average molecular weight is 314 g/mol. The van der Waals surface area contributed by atoms with Crippen LogP contribution < -0.4 is 15.5 Å². The molecule has 3 N–H and O–H groups in total. The van der Waals surface area contributed by atoms with E-state index in [1.807, 2.05) is 23.1 Å². The van der Waals surface area contributed by atoms with Gasteiger partial charge in [-0.25, -0.2) is 0 Å². The molecule has 1 saturated heterocycles. The highest BCUT2D eigenvalue weighted by Crippen LogP contribution is 2.28. The Balaban J connectivity index is 1.44. The van der Waals surface area contributed by atoms with Crippen molar-refractivity contribution in [1.29, 1.82) is 0 Å². The lowest BCUT2D eigenvalue weighted by Crippen LogP contribution is -3.03. The molecule has 1 aromatic rings. The molecular formula is C18H24N3O2+. The molecule has 23 heavy (non-hydrogen) atoms. The van der Waals surface area contributed by atoms with E-state index in [0.29, 0.717) is 18.5 Å². The molecular weight excluding hydrogens is 290 g/mol. The fraction of sp³-hybridized carbons (Fsp3) is 0.556. The van der Waals surface area contributed by atoms with Gasteiger partial charge in [-0.05, 0) is 30.9 Å². The molecule has 5 heteroatoms. The van der Waals surface area contributed by atoms with E-state index in [0.717, 1.165) is 31.5 Å². The molecule has 0 spiro atoms. The van der Waals surface area contributed by atoms with Gasteiger partial charge < -0.3 is 15.5 Å². The van der Waals surface area contributed by atoms with Crippen molar-refractivity contribution in [2.24, 2.45) is 0 Å². The molecule has 2 heterocycles. The molecule has 122 valence electrons. The highest BCUT2D eigenvalue weighted by molar-refractivity contribution is 5.98. The van der Waals surface area contributed by atoms with Gasteiger partial charge in [0, 0.05) is 18.7 Å². The van der Waals surface area contributed by atoms with E-state index in [1.54, 1.807) is 0 Å². The van der Waals surface area contributed by atoms with Crippen molar-refractivity contribution < 1.29 is 14.9 Å². The van der Waals surface area contributed by atoms with Crippen LogP contribution in [-0.4, -0.2) is 36.5 Å². The number of hydrogen-bond donors (Lipinski definition) is 2. The SMILES string of the molecule is O=C1N[C@@H]2CCCC[C@H]2[NH2+][C@H]1CC(=O)N1CCc2ccccc21. The Labute approximate surface area is 136 Å². The van der Waals surface area contributed by atoms with Crippen LogP contribution in [0, 0.1) is 0 Å². The van der Waals surface area contributed by atoms with E-state index in [4.69, 9.17) is 0 Å². The predicted octanol–water partition coefficient (Wildman–Crippen LogP) is 0.339. The Morgan fingerprint density at radius 1 is 1.26 bits per heavy atom. The van der Waals surface area contributed by atoms with Crippen molar-refractivity contribution in [2.75, 3.05) is 11.4 Å². The molecule has 4 rings (SSSR count). The Morgan fingerprint density at radius 2 is 2.09 bits per heavy atom. The van der Waals surface area contributed by atoms with Crippen molar-refractivity contribution in [1.82, 2.24) is 5.32 Å². The number of carbonyl (C=O) groups is 2. The van der Waals surface area contributed by atoms with E-state index in [2.05, 4.69) is 16.7 Å². The first-order valence-corrected chi connectivity index (χ1v) is 8.76. The number of fused-ring (bicyclic) bond motifs is 2. The molecule has 2 aliphatic heterocycles. The molecule has 0 radical (unpaired) electrons. The summed E-state index contributed by atoms with van der Waals surface area (Å²) in [7, 11) is 0. The molecule has 1 aliphatic carbocycles. The predicted molar refractivity (Wildman–Crippen MR) is 87.0 cm³/mol. The minimum absolute atomic E-state index is 0.0361. The minimum Gasteiger partial charge on any atom is -0.342 e. The number of anilines is 1. The van der Waals surface area contributed by atoms with Gasteiger partial charge in [0.05, 0.1) is 12.5 Å². The van der Waals surface area contributed by atoms with E-state index in [9.17, 15) is 9.59 Å². The van der Waals surface area contributed by atoms with Crippen LogP contribution in [0.25, 0.3) is 0 Å². The van der Waals surface area contributed by atoms with Crippen LogP contribution in [0.3, 0.4) is 0 Å². The lowest BCUT2D eigenvalue weighted by Gasteiger charge is -2.37. The molecule has 3 aliphatic rings. The first-order chi connectivity index (χ1) is 11.2. The first kappa shape index (κ1) is 14.7. The van der Waals surface area contributed by atoms with Crippen LogP contribution in [0.4, 0.5) is 5.69 Å². The van der Waals surface area contributed by atoms with Gasteiger partial charge in [-0.1, -0.05) is 24.6 Å². The van der Waals surface area contributed by atoms with Crippen molar-refractivity contribution in [2.45, 2.75) is 56.7 Å². The van der Waals surface area contributed by atoms with Crippen molar-refractivity contribution in [3.63, 3.8) is 0 Å². The summed E-state index contributed by atoms with van der Waals surface area (Å²) in [6.07, 6.45) is 5.85. The number of nitrogens with zero attached hydrogens (tertiary/aromatic N) is 1. The third-order valence-corrected chi connectivity index (χ3v) is 5.55. The molecule has 1 saturated carbocycles. The van der Waals surface area contributed by atoms with Gasteiger partial charge in [0.15, 0.2) is 6.04 Å². The maximum Gasteiger partial charge on any atom is 0.279 e. The number of nitrogens with one attached hydrogen (secondary N) is 1. The van der Waals surface area contributed by atoms with Gasteiger partial charge in [0.1, 0.15) is 6.04 Å². The number of piperazine rings is 1. The average Bonchev–Trinajstić information content (AvgIpc) is 2.99. The number of nitrogens with two attached hydrogens (primary N) is 1. The van der Waals surface area contributed by atoms with Gasteiger partial charge in [-0.3, -0.25) is 9.59 Å². The summed E-state index contributed by atoms with van der Waals surface area (Å²) >= 11 is 0. The number of carbonyl (C=O) groups excluding carboxylic acids is 2. The van der Waals surface area contributed by atoms with Crippen LogP contribution in [0.5, 0.6) is 0 Å². The first-order valence-electron chi connectivity index (χ1n) is 8.76. The number of amides is 2. The second kappa shape index (κ2) is 5.96.